The second-order valence-corrected chi connectivity index (χ2v) is 4.05. The van der Waals surface area contributed by atoms with E-state index in [-0.39, 0.29) is 5.69 Å². The number of pyridine rings is 1. The molecule has 0 N–H and O–H groups in total. The highest BCUT2D eigenvalue weighted by Crippen LogP contribution is 2.07. The van der Waals surface area contributed by atoms with Gasteiger partial charge < -0.3 is 4.74 Å². The van der Waals surface area contributed by atoms with Gasteiger partial charge in [-0.05, 0) is 24.5 Å². The fourth-order valence-corrected chi connectivity index (χ4v) is 1.15. The molecular formula is C11H14ClNO2. The van der Waals surface area contributed by atoms with Crippen LogP contribution in [0.5, 0.6) is 0 Å². The molecule has 0 saturated carbocycles. The van der Waals surface area contributed by atoms with E-state index < -0.39 is 5.97 Å². The Hall–Kier alpha value is -1.09. The molecule has 1 heterocycles. The Morgan fingerprint density at radius 2 is 2.27 bits per heavy atom. The van der Waals surface area contributed by atoms with Gasteiger partial charge in [0.25, 0.3) is 0 Å². The molecule has 1 aromatic rings. The molecule has 4 heteroatoms. The maximum absolute atomic E-state index is 11.4. The minimum absolute atomic E-state index is 0.256. The minimum Gasteiger partial charge on any atom is -0.461 e. The van der Waals surface area contributed by atoms with Gasteiger partial charge in [-0.2, -0.15) is 0 Å². The van der Waals surface area contributed by atoms with Crippen LogP contribution < -0.4 is 0 Å². The molecule has 0 fully saturated rings. The smallest absolute Gasteiger partial charge is 0.356 e. The van der Waals surface area contributed by atoms with Gasteiger partial charge in [-0.1, -0.05) is 31.5 Å². The Balaban J connectivity index is 2.47. The van der Waals surface area contributed by atoms with Gasteiger partial charge in [0, 0.05) is 0 Å². The number of nitrogens with zero attached hydrogens (tertiary/aromatic N) is 1. The van der Waals surface area contributed by atoms with Crippen LogP contribution in [0.4, 0.5) is 0 Å². The number of halogens is 1. The van der Waals surface area contributed by atoms with Crippen LogP contribution in [0, 0.1) is 5.92 Å². The summed E-state index contributed by atoms with van der Waals surface area (Å²) in [6, 6.07) is 4.88. The molecule has 3 nitrogen and oxygen atoms in total. The molecule has 0 radical (unpaired) electrons. The molecule has 0 aliphatic heterocycles. The van der Waals surface area contributed by atoms with Crippen molar-refractivity contribution >= 4 is 17.6 Å². The van der Waals surface area contributed by atoms with Crippen molar-refractivity contribution < 1.29 is 9.53 Å². The van der Waals surface area contributed by atoms with Crippen LogP contribution in [0.25, 0.3) is 0 Å². The third-order valence-corrected chi connectivity index (χ3v) is 2.06. The molecular weight excluding hydrogens is 214 g/mol. The Labute approximate surface area is 94.4 Å². The summed E-state index contributed by atoms with van der Waals surface area (Å²) in [7, 11) is 0. The molecule has 0 aliphatic rings. The van der Waals surface area contributed by atoms with Crippen molar-refractivity contribution in [3.05, 3.63) is 29.0 Å². The molecule has 1 rings (SSSR count). The number of hydrogen-bond acceptors (Lipinski definition) is 3. The number of carbonyl (C=O) groups excluding carboxylic acids is 1. The number of ether oxygens (including phenoxy) is 1. The maximum Gasteiger partial charge on any atom is 0.356 e. The predicted octanol–water partition coefficient (Wildman–Crippen LogP) is 2.94. The van der Waals surface area contributed by atoms with Crippen LogP contribution in [0.2, 0.25) is 5.15 Å². The van der Waals surface area contributed by atoms with Crippen LogP contribution in [0.3, 0.4) is 0 Å². The summed E-state index contributed by atoms with van der Waals surface area (Å²) in [4.78, 5) is 15.3. The normalized spacial score (nSPS) is 10.4. The van der Waals surface area contributed by atoms with E-state index in [2.05, 4.69) is 18.8 Å². The van der Waals surface area contributed by atoms with Crippen molar-refractivity contribution in [2.24, 2.45) is 5.92 Å². The molecule has 1 aromatic heterocycles. The number of carbonyl (C=O) groups is 1. The summed E-state index contributed by atoms with van der Waals surface area (Å²) in [6.07, 6.45) is 0.853. The monoisotopic (exact) mass is 227 g/mol. The van der Waals surface area contributed by atoms with Crippen molar-refractivity contribution in [1.82, 2.24) is 4.98 Å². The number of hydrogen-bond donors (Lipinski definition) is 0. The molecule has 15 heavy (non-hydrogen) atoms. The summed E-state index contributed by atoms with van der Waals surface area (Å²) >= 11 is 5.65. The number of aromatic nitrogens is 1. The number of rotatable bonds is 4. The molecule has 0 bridgehead atoms. The summed E-state index contributed by atoms with van der Waals surface area (Å²) in [6.45, 7) is 4.57. The molecule has 0 saturated heterocycles. The van der Waals surface area contributed by atoms with Gasteiger partial charge >= 0.3 is 5.97 Å². The van der Waals surface area contributed by atoms with E-state index in [1.807, 2.05) is 0 Å². The third-order valence-electron chi connectivity index (χ3n) is 1.85. The summed E-state index contributed by atoms with van der Waals surface area (Å²) < 4.78 is 5.03. The van der Waals surface area contributed by atoms with E-state index in [4.69, 9.17) is 16.3 Å². The highest BCUT2D eigenvalue weighted by atomic mass is 35.5. The Bertz CT molecular complexity index is 339. The fraction of sp³-hybridized carbons (Fsp3) is 0.455. The topological polar surface area (TPSA) is 39.2 Å². The van der Waals surface area contributed by atoms with Crippen LogP contribution in [-0.2, 0) is 4.74 Å². The minimum atomic E-state index is -0.418. The van der Waals surface area contributed by atoms with Crippen molar-refractivity contribution in [3.63, 3.8) is 0 Å². The van der Waals surface area contributed by atoms with Crippen LogP contribution in [0.15, 0.2) is 18.2 Å². The van der Waals surface area contributed by atoms with Gasteiger partial charge in [-0.15, -0.1) is 0 Å². The maximum atomic E-state index is 11.4. The van der Waals surface area contributed by atoms with E-state index in [0.29, 0.717) is 17.7 Å². The first-order chi connectivity index (χ1) is 7.09. The van der Waals surface area contributed by atoms with Gasteiger partial charge in [-0.3, -0.25) is 0 Å². The Kier molecular flexibility index (Phi) is 4.56. The molecule has 0 amide bonds. The van der Waals surface area contributed by atoms with Crippen LogP contribution in [-0.4, -0.2) is 17.6 Å². The van der Waals surface area contributed by atoms with Gasteiger partial charge in [0.1, 0.15) is 10.8 Å². The molecule has 0 atom stereocenters. The van der Waals surface area contributed by atoms with E-state index >= 15 is 0 Å². The zero-order valence-electron chi connectivity index (χ0n) is 8.87. The van der Waals surface area contributed by atoms with Crippen molar-refractivity contribution in [1.29, 1.82) is 0 Å². The average molecular weight is 228 g/mol. The Morgan fingerprint density at radius 1 is 1.53 bits per heavy atom. The largest absolute Gasteiger partial charge is 0.461 e. The Morgan fingerprint density at radius 3 is 2.87 bits per heavy atom. The van der Waals surface area contributed by atoms with E-state index in [9.17, 15) is 4.79 Å². The second kappa shape index (κ2) is 5.71. The van der Waals surface area contributed by atoms with Crippen LogP contribution in [0.1, 0.15) is 30.8 Å². The predicted molar refractivity (Wildman–Crippen MR) is 59.0 cm³/mol. The molecule has 0 unspecified atom stereocenters. The first-order valence-electron chi connectivity index (χ1n) is 4.89. The van der Waals surface area contributed by atoms with Gasteiger partial charge in [-0.25, -0.2) is 9.78 Å². The first kappa shape index (κ1) is 12.0. The SMILES string of the molecule is CC(C)CCOC(=O)c1cccc(Cl)n1. The van der Waals surface area contributed by atoms with E-state index in [0.717, 1.165) is 6.42 Å². The lowest BCUT2D eigenvalue weighted by molar-refractivity contribution is 0.0481. The lowest BCUT2D eigenvalue weighted by Crippen LogP contribution is -2.09. The summed E-state index contributed by atoms with van der Waals surface area (Å²) in [5, 5.41) is 0.299. The van der Waals surface area contributed by atoms with E-state index in [1.54, 1.807) is 18.2 Å². The van der Waals surface area contributed by atoms with Gasteiger partial charge in [0.2, 0.25) is 0 Å². The lowest BCUT2D eigenvalue weighted by atomic mass is 10.1. The lowest BCUT2D eigenvalue weighted by Gasteiger charge is -2.06. The van der Waals surface area contributed by atoms with Gasteiger partial charge in [0.05, 0.1) is 6.61 Å². The van der Waals surface area contributed by atoms with Crippen molar-refractivity contribution in [2.45, 2.75) is 20.3 Å². The zero-order chi connectivity index (χ0) is 11.3. The third kappa shape index (κ3) is 4.30. The molecule has 0 spiro atoms. The van der Waals surface area contributed by atoms with Crippen molar-refractivity contribution in [3.8, 4) is 0 Å². The van der Waals surface area contributed by atoms with Crippen molar-refractivity contribution in [2.75, 3.05) is 6.61 Å². The number of esters is 1. The summed E-state index contributed by atoms with van der Waals surface area (Å²) in [5.74, 6) is 0.100. The quantitative estimate of drug-likeness (QED) is 0.587. The second-order valence-electron chi connectivity index (χ2n) is 3.66. The van der Waals surface area contributed by atoms with Crippen LogP contribution >= 0.6 is 11.6 Å². The molecule has 0 aromatic carbocycles. The standard InChI is InChI=1S/C11H14ClNO2/c1-8(2)6-7-15-11(14)9-4-3-5-10(12)13-9/h3-5,8H,6-7H2,1-2H3. The highest BCUT2D eigenvalue weighted by Gasteiger charge is 2.08. The average Bonchev–Trinajstić information content (AvgIpc) is 2.17. The zero-order valence-corrected chi connectivity index (χ0v) is 9.62. The highest BCUT2D eigenvalue weighted by molar-refractivity contribution is 6.29. The van der Waals surface area contributed by atoms with Gasteiger partial charge in [0.15, 0.2) is 0 Å². The molecule has 82 valence electrons. The molecule has 0 aliphatic carbocycles. The first-order valence-corrected chi connectivity index (χ1v) is 5.27. The fourth-order valence-electron chi connectivity index (χ4n) is 0.983. The summed E-state index contributed by atoms with van der Waals surface area (Å²) in [5.41, 5.74) is 0.256. The van der Waals surface area contributed by atoms with E-state index in [1.165, 1.54) is 0 Å².